The number of hydrogen-bond acceptors (Lipinski definition) is 5. The Balaban J connectivity index is 2.17. The highest BCUT2D eigenvalue weighted by molar-refractivity contribution is 7.84. The maximum Gasteiger partial charge on any atom is 0.331 e. The van der Waals surface area contributed by atoms with Crippen LogP contribution in [0.3, 0.4) is 0 Å². The third kappa shape index (κ3) is 5.46. The van der Waals surface area contributed by atoms with Gasteiger partial charge in [-0.1, -0.05) is 38.0 Å². The molecule has 2 aromatic rings. The van der Waals surface area contributed by atoms with Gasteiger partial charge in [-0.25, -0.2) is 13.3 Å². The quantitative estimate of drug-likeness (QED) is 0.457. The number of hydrogen-bond donors (Lipinski definition) is 1. The lowest BCUT2D eigenvalue weighted by molar-refractivity contribution is -0.131. The van der Waals surface area contributed by atoms with Crippen molar-refractivity contribution in [3.63, 3.8) is 0 Å². The molecule has 0 radical (unpaired) electrons. The second kappa shape index (κ2) is 10.9. The number of carboxylic acids is 1. The lowest BCUT2D eigenvalue weighted by atomic mass is 10.1. The topological polar surface area (TPSA) is 87.1 Å². The predicted octanol–water partition coefficient (Wildman–Crippen LogP) is 4.07. The molecule has 3 unspecified atom stereocenters. The summed E-state index contributed by atoms with van der Waals surface area (Å²) in [7, 11) is -1.04. The van der Waals surface area contributed by atoms with Crippen LogP contribution in [0.25, 0.3) is 0 Å². The summed E-state index contributed by atoms with van der Waals surface area (Å²) in [5.41, 5.74) is 1.66. The molecule has 1 heterocycles. The maximum absolute atomic E-state index is 13.6. The smallest absolute Gasteiger partial charge is 0.331 e. The van der Waals surface area contributed by atoms with Crippen molar-refractivity contribution in [1.29, 1.82) is 0 Å². The molecule has 0 spiro atoms. The summed E-state index contributed by atoms with van der Waals surface area (Å²) in [6.07, 6.45) is 6.38. The van der Waals surface area contributed by atoms with E-state index in [-0.39, 0.29) is 11.8 Å². The van der Waals surface area contributed by atoms with Gasteiger partial charge in [0.25, 0.3) is 0 Å². The standard InChI is InChI=1S/C23H28N2O5S2/c1-4-5-9-18-16-25(17-10-7-6-8-11-17)19-14-22(31(3)28)20(30-13-12-23(26)27)15-21(19)32(29)24(18)2/h6-8,10-15,18H,4-5,9,16H2,1-3H3,(H,26,27)/b13-12+. The molecule has 3 atom stereocenters. The van der Waals surface area contributed by atoms with Gasteiger partial charge in [0.05, 0.1) is 38.6 Å². The van der Waals surface area contributed by atoms with E-state index in [2.05, 4.69) is 11.8 Å². The van der Waals surface area contributed by atoms with Gasteiger partial charge in [-0.05, 0) is 24.6 Å². The molecule has 0 amide bonds. The molecule has 0 saturated heterocycles. The van der Waals surface area contributed by atoms with Crippen LogP contribution in [-0.2, 0) is 26.6 Å². The van der Waals surface area contributed by atoms with Crippen LogP contribution in [0.15, 0.2) is 64.6 Å². The highest BCUT2D eigenvalue weighted by atomic mass is 32.2. The number of para-hydroxylation sites is 1. The van der Waals surface area contributed by atoms with Gasteiger partial charge in [0.2, 0.25) is 0 Å². The van der Waals surface area contributed by atoms with Crippen molar-refractivity contribution >= 4 is 39.1 Å². The number of nitrogens with zero attached hydrogens (tertiary/aromatic N) is 2. The fraction of sp³-hybridized carbons (Fsp3) is 0.348. The molecule has 0 aromatic heterocycles. The molecule has 1 N–H and O–H groups in total. The van der Waals surface area contributed by atoms with Crippen molar-refractivity contribution in [2.75, 3.05) is 24.7 Å². The Morgan fingerprint density at radius 3 is 2.66 bits per heavy atom. The van der Waals surface area contributed by atoms with Crippen LogP contribution in [0.4, 0.5) is 11.4 Å². The second-order valence-corrected chi connectivity index (χ2v) is 10.4. The molecule has 3 rings (SSSR count). The Hall–Kier alpha value is -2.49. The summed E-state index contributed by atoms with van der Waals surface area (Å²) < 4.78 is 33.5. The third-order valence-corrected chi connectivity index (χ3v) is 7.81. The van der Waals surface area contributed by atoms with Crippen molar-refractivity contribution in [1.82, 2.24) is 4.31 Å². The van der Waals surface area contributed by atoms with E-state index in [1.54, 1.807) is 12.1 Å². The van der Waals surface area contributed by atoms with Crippen molar-refractivity contribution in [2.45, 2.75) is 42.0 Å². The van der Waals surface area contributed by atoms with E-state index in [0.29, 0.717) is 22.0 Å². The van der Waals surface area contributed by atoms with Gasteiger partial charge in [-0.2, -0.15) is 0 Å². The molecule has 0 aliphatic carbocycles. The highest BCUT2D eigenvalue weighted by Crippen LogP contribution is 2.40. The molecule has 0 fully saturated rings. The van der Waals surface area contributed by atoms with Crippen molar-refractivity contribution < 1.29 is 23.1 Å². The van der Waals surface area contributed by atoms with Crippen molar-refractivity contribution in [3.8, 4) is 5.75 Å². The van der Waals surface area contributed by atoms with Crippen molar-refractivity contribution in [2.24, 2.45) is 0 Å². The lowest BCUT2D eigenvalue weighted by Gasteiger charge is -2.29. The number of benzene rings is 2. The third-order valence-electron chi connectivity index (χ3n) is 5.35. The highest BCUT2D eigenvalue weighted by Gasteiger charge is 2.33. The number of aliphatic carboxylic acids is 1. The van der Waals surface area contributed by atoms with Gasteiger partial charge in [-0.15, -0.1) is 0 Å². The number of unbranched alkanes of at least 4 members (excludes halogenated alkanes) is 1. The molecule has 1 aliphatic rings. The molecule has 172 valence electrons. The Morgan fingerprint density at radius 2 is 2.03 bits per heavy atom. The van der Waals surface area contributed by atoms with Crippen LogP contribution in [0, 0.1) is 0 Å². The molecular formula is C23H28N2O5S2. The van der Waals surface area contributed by atoms with Crippen LogP contribution in [0.5, 0.6) is 5.75 Å². The minimum absolute atomic E-state index is 0.0511. The van der Waals surface area contributed by atoms with Gasteiger partial charge in [0.1, 0.15) is 16.7 Å². The predicted molar refractivity (Wildman–Crippen MR) is 127 cm³/mol. The molecule has 2 aromatic carbocycles. The van der Waals surface area contributed by atoms with Gasteiger partial charge < -0.3 is 14.7 Å². The first kappa shape index (κ1) is 24.2. The fourth-order valence-corrected chi connectivity index (χ4v) is 5.62. The molecule has 1 aliphatic heterocycles. The molecular weight excluding hydrogens is 448 g/mol. The number of likely N-dealkylation sites (N-methyl/N-ethyl adjacent to an activating group) is 1. The van der Waals surface area contributed by atoms with Crippen LogP contribution in [0.2, 0.25) is 0 Å². The molecule has 7 nitrogen and oxygen atoms in total. The molecule has 32 heavy (non-hydrogen) atoms. The van der Waals surface area contributed by atoms with E-state index in [4.69, 9.17) is 9.84 Å². The summed E-state index contributed by atoms with van der Waals surface area (Å²) in [6, 6.07) is 13.3. The van der Waals surface area contributed by atoms with E-state index in [1.807, 2.05) is 41.7 Å². The van der Waals surface area contributed by atoms with Crippen LogP contribution in [-0.4, -0.2) is 49.7 Å². The van der Waals surface area contributed by atoms with E-state index >= 15 is 0 Å². The summed E-state index contributed by atoms with van der Waals surface area (Å²) in [4.78, 5) is 13.9. The Bertz CT molecular complexity index is 1040. The van der Waals surface area contributed by atoms with E-state index < -0.39 is 27.8 Å². The van der Waals surface area contributed by atoms with Crippen LogP contribution >= 0.6 is 0 Å². The molecule has 9 heteroatoms. The first-order valence-corrected chi connectivity index (χ1v) is 13.0. The average Bonchev–Trinajstić information content (AvgIpc) is 2.87. The van der Waals surface area contributed by atoms with Crippen LogP contribution in [0.1, 0.15) is 26.2 Å². The monoisotopic (exact) mass is 476 g/mol. The Labute approximate surface area is 193 Å². The maximum atomic E-state index is 13.6. The Kier molecular flexibility index (Phi) is 8.22. The minimum Gasteiger partial charge on any atom is -0.478 e. The first-order valence-electron chi connectivity index (χ1n) is 10.4. The average molecular weight is 477 g/mol. The van der Waals surface area contributed by atoms with Gasteiger partial charge in [0.15, 0.2) is 0 Å². The van der Waals surface area contributed by atoms with E-state index in [1.165, 1.54) is 6.26 Å². The number of carbonyl (C=O) groups is 1. The lowest BCUT2D eigenvalue weighted by Crippen LogP contribution is -2.38. The zero-order valence-corrected chi connectivity index (χ0v) is 20.0. The number of carboxylic acid groups (broad SMARTS) is 1. The summed E-state index contributed by atoms with van der Waals surface area (Å²) in [5.74, 6) is -0.930. The van der Waals surface area contributed by atoms with Crippen LogP contribution < -0.4 is 9.64 Å². The normalized spacial score (nSPS) is 20.0. The first-order chi connectivity index (χ1) is 15.3. The zero-order valence-electron chi connectivity index (χ0n) is 18.4. The summed E-state index contributed by atoms with van der Waals surface area (Å²) >= 11 is 0. The number of fused-ring (bicyclic) bond motifs is 1. The Morgan fingerprint density at radius 1 is 1.31 bits per heavy atom. The SMILES string of the molecule is CCCCC1CN(c2ccccc2)c2cc(S(C)=O)c(O/C=C/C(=O)O)cc2S(=O)N1C. The minimum atomic E-state index is -1.48. The largest absolute Gasteiger partial charge is 0.478 e. The van der Waals surface area contributed by atoms with E-state index in [0.717, 1.165) is 37.3 Å². The molecule has 0 bridgehead atoms. The second-order valence-electron chi connectivity index (χ2n) is 7.52. The van der Waals surface area contributed by atoms with Gasteiger partial charge in [-0.3, -0.25) is 4.21 Å². The summed E-state index contributed by atoms with van der Waals surface area (Å²) in [5, 5.41) is 8.85. The summed E-state index contributed by atoms with van der Waals surface area (Å²) in [6.45, 7) is 2.77. The van der Waals surface area contributed by atoms with Crippen molar-refractivity contribution in [3.05, 3.63) is 54.8 Å². The number of rotatable bonds is 8. The van der Waals surface area contributed by atoms with Gasteiger partial charge >= 0.3 is 5.97 Å². The zero-order chi connectivity index (χ0) is 23.3. The number of ether oxygens (including phenoxy) is 1. The number of anilines is 2. The molecule has 0 saturated carbocycles. The van der Waals surface area contributed by atoms with Gasteiger partial charge in [0, 0.05) is 37.6 Å². The fourth-order valence-electron chi connectivity index (χ4n) is 3.64. The van der Waals surface area contributed by atoms with E-state index in [9.17, 15) is 13.2 Å².